The van der Waals surface area contributed by atoms with Crippen molar-refractivity contribution in [2.24, 2.45) is 5.92 Å². The fourth-order valence-electron chi connectivity index (χ4n) is 2.92. The van der Waals surface area contributed by atoms with Crippen LogP contribution in [0.15, 0.2) is 24.3 Å². The zero-order valence-electron chi connectivity index (χ0n) is 18.8. The highest BCUT2D eigenvalue weighted by Gasteiger charge is 2.23. The Morgan fingerprint density at radius 3 is 2.12 bits per heavy atom. The van der Waals surface area contributed by atoms with Gasteiger partial charge < -0.3 is 31.2 Å². The van der Waals surface area contributed by atoms with Gasteiger partial charge in [-0.25, -0.2) is 0 Å². The molecule has 0 radical (unpaired) electrons. The van der Waals surface area contributed by atoms with Crippen molar-refractivity contribution < 1.29 is 29.1 Å². The van der Waals surface area contributed by atoms with E-state index in [4.69, 9.17) is 0 Å². The molecule has 32 heavy (non-hydrogen) atoms. The third-order valence-corrected chi connectivity index (χ3v) is 4.48. The van der Waals surface area contributed by atoms with Crippen molar-refractivity contribution in [3.63, 3.8) is 0 Å². The van der Waals surface area contributed by atoms with E-state index in [2.05, 4.69) is 21.3 Å². The Labute approximate surface area is 187 Å². The number of rotatable bonds is 12. The molecule has 4 amide bonds. The minimum atomic E-state index is -0.941. The van der Waals surface area contributed by atoms with Gasteiger partial charge in [-0.2, -0.15) is 0 Å². The monoisotopic (exact) mass is 448 g/mol. The number of carbonyl (C=O) groups is 5. The molecular weight excluding hydrogens is 416 g/mol. The predicted octanol–water partition coefficient (Wildman–Crippen LogP) is -0.210. The van der Waals surface area contributed by atoms with Crippen LogP contribution < -0.4 is 21.3 Å². The molecular formula is C22H32N4O6. The number of nitrogens with one attached hydrogen (secondary N) is 4. The first kappa shape index (κ1) is 26.6. The largest absolute Gasteiger partial charge is 0.508 e. The van der Waals surface area contributed by atoms with Crippen LogP contribution >= 0.6 is 0 Å². The van der Waals surface area contributed by atoms with Crippen LogP contribution in [0.5, 0.6) is 5.75 Å². The minimum absolute atomic E-state index is 0.0939. The molecule has 0 fully saturated rings. The molecule has 0 saturated heterocycles. The van der Waals surface area contributed by atoms with Crippen LogP contribution in [0.2, 0.25) is 0 Å². The van der Waals surface area contributed by atoms with Crippen molar-refractivity contribution >= 4 is 29.9 Å². The SMILES string of the molecule is CC(=O)N[C@@H](CC(C)C)C(=O)NCC(=O)N[C@@H](C)C(=O)N[C@H](C=O)Cc1ccc(O)cc1. The molecule has 176 valence electrons. The zero-order chi connectivity index (χ0) is 24.3. The number of carbonyl (C=O) groups excluding carboxylic acids is 5. The molecule has 0 aliphatic heterocycles. The standard InChI is InChI=1S/C22H32N4O6/c1-13(2)9-19(25-15(4)28)22(32)23-11-20(30)24-14(3)21(31)26-17(12-27)10-16-5-7-18(29)8-6-16/h5-8,12-14,17,19,29H,9-11H2,1-4H3,(H,23,32)(H,24,30)(H,25,28)(H,26,31)/t14-,17-,19-/m0/s1. The number of phenols is 1. The van der Waals surface area contributed by atoms with Gasteiger partial charge in [-0.05, 0) is 43.4 Å². The third kappa shape index (κ3) is 10.1. The summed E-state index contributed by atoms with van der Waals surface area (Å²) in [4.78, 5) is 59.3. The second-order valence-corrected chi connectivity index (χ2v) is 8.01. The topological polar surface area (TPSA) is 154 Å². The first-order valence-corrected chi connectivity index (χ1v) is 10.4. The lowest BCUT2D eigenvalue weighted by Gasteiger charge is -2.20. The Hall–Kier alpha value is -3.43. The first-order valence-electron chi connectivity index (χ1n) is 10.4. The van der Waals surface area contributed by atoms with E-state index in [9.17, 15) is 29.1 Å². The van der Waals surface area contributed by atoms with Crippen molar-refractivity contribution in [2.75, 3.05) is 6.54 Å². The molecule has 3 atom stereocenters. The molecule has 0 aliphatic rings. The van der Waals surface area contributed by atoms with Crippen molar-refractivity contribution in [1.82, 2.24) is 21.3 Å². The highest BCUT2D eigenvalue weighted by atomic mass is 16.3. The smallest absolute Gasteiger partial charge is 0.243 e. The maximum Gasteiger partial charge on any atom is 0.243 e. The summed E-state index contributed by atoms with van der Waals surface area (Å²) in [5.41, 5.74) is 0.745. The van der Waals surface area contributed by atoms with Gasteiger partial charge in [0, 0.05) is 6.92 Å². The summed E-state index contributed by atoms with van der Waals surface area (Å²) in [5.74, 6) is -1.74. The lowest BCUT2D eigenvalue weighted by molar-refractivity contribution is -0.131. The van der Waals surface area contributed by atoms with Crippen LogP contribution in [0.25, 0.3) is 0 Å². The molecule has 0 spiro atoms. The summed E-state index contributed by atoms with van der Waals surface area (Å²) in [6.45, 7) is 6.21. The summed E-state index contributed by atoms with van der Waals surface area (Å²) < 4.78 is 0. The zero-order valence-corrected chi connectivity index (χ0v) is 18.8. The quantitative estimate of drug-likeness (QED) is 0.279. The molecule has 10 nitrogen and oxygen atoms in total. The molecule has 0 heterocycles. The molecule has 1 rings (SSSR count). The predicted molar refractivity (Wildman–Crippen MR) is 117 cm³/mol. The molecule has 1 aromatic rings. The third-order valence-electron chi connectivity index (χ3n) is 4.48. The van der Waals surface area contributed by atoms with E-state index in [1.54, 1.807) is 12.1 Å². The van der Waals surface area contributed by atoms with E-state index in [-0.39, 0.29) is 30.5 Å². The number of aromatic hydroxyl groups is 1. The number of aldehydes is 1. The van der Waals surface area contributed by atoms with Gasteiger partial charge in [-0.3, -0.25) is 19.2 Å². The van der Waals surface area contributed by atoms with E-state index in [1.165, 1.54) is 26.0 Å². The van der Waals surface area contributed by atoms with Crippen molar-refractivity contribution in [3.8, 4) is 5.75 Å². The fourth-order valence-corrected chi connectivity index (χ4v) is 2.92. The van der Waals surface area contributed by atoms with Crippen LogP contribution in [0.1, 0.15) is 39.7 Å². The Bertz CT molecular complexity index is 809. The molecule has 0 aliphatic carbocycles. The van der Waals surface area contributed by atoms with Crippen LogP contribution in [0, 0.1) is 5.92 Å². The van der Waals surface area contributed by atoms with Crippen LogP contribution in [-0.2, 0) is 30.4 Å². The Kier molecular flexibility index (Phi) is 10.9. The minimum Gasteiger partial charge on any atom is -0.508 e. The number of benzene rings is 1. The number of amides is 4. The van der Waals surface area contributed by atoms with Gasteiger partial charge in [0.1, 0.15) is 24.1 Å². The maximum absolute atomic E-state index is 12.3. The summed E-state index contributed by atoms with van der Waals surface area (Å²) in [7, 11) is 0. The average molecular weight is 449 g/mol. The second-order valence-electron chi connectivity index (χ2n) is 8.01. The van der Waals surface area contributed by atoms with Crippen molar-refractivity contribution in [2.45, 2.75) is 58.7 Å². The molecule has 0 bridgehead atoms. The van der Waals surface area contributed by atoms with E-state index < -0.39 is 35.8 Å². The second kappa shape index (κ2) is 13.1. The summed E-state index contributed by atoms with van der Waals surface area (Å²) >= 11 is 0. The summed E-state index contributed by atoms with van der Waals surface area (Å²) in [6.07, 6.45) is 1.24. The summed E-state index contributed by atoms with van der Waals surface area (Å²) in [5, 5.41) is 19.3. The van der Waals surface area contributed by atoms with E-state index in [0.29, 0.717) is 12.7 Å². The first-order chi connectivity index (χ1) is 15.0. The van der Waals surface area contributed by atoms with E-state index in [0.717, 1.165) is 5.56 Å². The Morgan fingerprint density at radius 2 is 1.59 bits per heavy atom. The number of phenolic OH excluding ortho intramolecular Hbond substituents is 1. The molecule has 1 aromatic carbocycles. The molecule has 10 heteroatoms. The van der Waals surface area contributed by atoms with Gasteiger partial charge in [0.15, 0.2) is 0 Å². The fraction of sp³-hybridized carbons (Fsp3) is 0.500. The van der Waals surface area contributed by atoms with Gasteiger partial charge in [-0.15, -0.1) is 0 Å². The molecule has 0 unspecified atom stereocenters. The van der Waals surface area contributed by atoms with Crippen LogP contribution in [0.4, 0.5) is 0 Å². The van der Waals surface area contributed by atoms with E-state index in [1.807, 2.05) is 13.8 Å². The van der Waals surface area contributed by atoms with Gasteiger partial charge in [0.2, 0.25) is 23.6 Å². The van der Waals surface area contributed by atoms with Gasteiger partial charge in [0.25, 0.3) is 0 Å². The lowest BCUT2D eigenvalue weighted by Crippen LogP contribution is -2.52. The average Bonchev–Trinajstić information content (AvgIpc) is 2.71. The van der Waals surface area contributed by atoms with Crippen LogP contribution in [-0.4, -0.2) is 59.7 Å². The number of hydrogen-bond acceptors (Lipinski definition) is 6. The van der Waals surface area contributed by atoms with Crippen molar-refractivity contribution in [3.05, 3.63) is 29.8 Å². The van der Waals surface area contributed by atoms with Gasteiger partial charge in [-0.1, -0.05) is 26.0 Å². The van der Waals surface area contributed by atoms with Crippen molar-refractivity contribution in [1.29, 1.82) is 0 Å². The molecule has 0 aromatic heterocycles. The Morgan fingerprint density at radius 1 is 0.969 bits per heavy atom. The molecule has 5 N–H and O–H groups in total. The van der Waals surface area contributed by atoms with Gasteiger partial charge >= 0.3 is 0 Å². The number of hydrogen-bond donors (Lipinski definition) is 5. The van der Waals surface area contributed by atoms with Gasteiger partial charge in [0.05, 0.1) is 12.6 Å². The Balaban J connectivity index is 2.52. The highest BCUT2D eigenvalue weighted by molar-refractivity contribution is 5.92. The molecule has 0 saturated carbocycles. The van der Waals surface area contributed by atoms with Crippen LogP contribution in [0.3, 0.4) is 0 Å². The highest BCUT2D eigenvalue weighted by Crippen LogP contribution is 2.11. The summed E-state index contributed by atoms with van der Waals surface area (Å²) in [6, 6.07) is 3.73. The lowest BCUT2D eigenvalue weighted by atomic mass is 10.0. The maximum atomic E-state index is 12.3. The van der Waals surface area contributed by atoms with E-state index >= 15 is 0 Å². The normalized spacial score (nSPS) is 13.4.